The minimum absolute atomic E-state index is 0.137. The number of hydrogen-bond donors (Lipinski definition) is 1. The molecule has 1 aliphatic carbocycles. The first-order chi connectivity index (χ1) is 14.4. The van der Waals surface area contributed by atoms with Crippen molar-refractivity contribution in [2.24, 2.45) is 5.92 Å². The Kier molecular flexibility index (Phi) is 5.24. The number of anilines is 1. The fraction of sp³-hybridized carbons (Fsp3) is 0.444. The van der Waals surface area contributed by atoms with E-state index >= 15 is 0 Å². The summed E-state index contributed by atoms with van der Waals surface area (Å²) in [5, 5.41) is 13.8. The van der Waals surface area contributed by atoms with Gasteiger partial charge in [0.1, 0.15) is 10.8 Å². The van der Waals surface area contributed by atoms with E-state index in [4.69, 9.17) is 9.15 Å². The van der Waals surface area contributed by atoms with Gasteiger partial charge in [0, 0.05) is 18.0 Å². The van der Waals surface area contributed by atoms with E-state index in [1.54, 1.807) is 6.92 Å². The van der Waals surface area contributed by atoms with Crippen LogP contribution in [0.4, 0.5) is 11.0 Å². The number of nitrogens with zero attached hydrogens (tertiary/aromatic N) is 3. The summed E-state index contributed by atoms with van der Waals surface area (Å²) < 4.78 is 9.98. The second-order valence-corrected chi connectivity index (χ2v) is 8.05. The highest BCUT2D eigenvalue weighted by Gasteiger charge is 2.39. The molecule has 2 aromatic rings. The summed E-state index contributed by atoms with van der Waals surface area (Å²) in [5.41, 5.74) is 0.665. The first kappa shape index (κ1) is 20.0. The Balaban J connectivity index is 1.32. The smallest absolute Gasteiger partial charge is 0.433 e. The molecule has 2 aromatic heterocycles. The van der Waals surface area contributed by atoms with Gasteiger partial charge < -0.3 is 19.4 Å². The molecule has 1 fully saturated rings. The largest absolute Gasteiger partial charge is 0.465 e. The second kappa shape index (κ2) is 7.86. The molecule has 1 aliphatic heterocycles. The molecule has 11 nitrogen and oxygen atoms in total. The monoisotopic (exact) mass is 434 g/mol. The van der Waals surface area contributed by atoms with Gasteiger partial charge in [0.15, 0.2) is 10.9 Å². The number of thiazole rings is 1. The fourth-order valence-electron chi connectivity index (χ4n) is 3.47. The number of fused-ring (bicyclic) bond motifs is 1. The van der Waals surface area contributed by atoms with E-state index in [1.165, 1.54) is 22.3 Å². The second-order valence-electron chi connectivity index (χ2n) is 6.96. The van der Waals surface area contributed by atoms with E-state index in [9.17, 15) is 24.5 Å². The van der Waals surface area contributed by atoms with Crippen molar-refractivity contribution in [1.29, 1.82) is 0 Å². The molecule has 1 unspecified atom stereocenters. The number of hydrogen-bond acceptors (Lipinski definition) is 9. The number of likely N-dealkylation sites (tertiary alicyclic amines) is 1. The standard InChI is InChI=1S/C18H18N4O7S/c1-2-28-17(25)10-3-5-12-14(10)19-18(30-12)20-15(23)9-7-21(8-9)16(24)11-4-6-13(29-11)22(26)27/h4,6,9-10H,2-3,5,7-8H2,1H3,(H,19,20,23). The Morgan fingerprint density at radius 3 is 2.83 bits per heavy atom. The number of rotatable bonds is 6. The van der Waals surface area contributed by atoms with Crippen molar-refractivity contribution in [3.05, 3.63) is 38.6 Å². The molecule has 2 aliphatic rings. The van der Waals surface area contributed by atoms with Gasteiger partial charge in [0.25, 0.3) is 5.91 Å². The fourth-order valence-corrected chi connectivity index (χ4v) is 4.51. The van der Waals surface area contributed by atoms with E-state index in [-0.39, 0.29) is 30.7 Å². The lowest BCUT2D eigenvalue weighted by atomic mass is 9.99. The summed E-state index contributed by atoms with van der Waals surface area (Å²) in [7, 11) is 0. The average Bonchev–Trinajstić information content (AvgIpc) is 3.35. The van der Waals surface area contributed by atoms with E-state index in [0.717, 1.165) is 10.9 Å². The lowest BCUT2D eigenvalue weighted by Gasteiger charge is -2.37. The zero-order chi connectivity index (χ0) is 21.4. The van der Waals surface area contributed by atoms with E-state index in [2.05, 4.69) is 10.3 Å². The predicted molar refractivity (Wildman–Crippen MR) is 103 cm³/mol. The van der Waals surface area contributed by atoms with Gasteiger partial charge in [-0.05, 0) is 25.8 Å². The third-order valence-corrected chi connectivity index (χ3v) is 6.09. The highest BCUT2D eigenvalue weighted by Crippen LogP contribution is 2.39. The maximum atomic E-state index is 12.5. The van der Waals surface area contributed by atoms with Gasteiger partial charge in [-0.1, -0.05) is 0 Å². The van der Waals surface area contributed by atoms with Gasteiger partial charge in [-0.3, -0.25) is 24.5 Å². The Labute approximate surface area is 174 Å². The maximum absolute atomic E-state index is 12.5. The zero-order valence-electron chi connectivity index (χ0n) is 16.0. The van der Waals surface area contributed by atoms with E-state index < -0.39 is 28.6 Å². The molecule has 1 N–H and O–H groups in total. The molecule has 0 spiro atoms. The van der Waals surface area contributed by atoms with Gasteiger partial charge in [0.2, 0.25) is 5.91 Å². The van der Waals surface area contributed by atoms with Crippen LogP contribution >= 0.6 is 11.3 Å². The first-order valence-corrected chi connectivity index (χ1v) is 10.2. The summed E-state index contributed by atoms with van der Waals surface area (Å²) in [6.07, 6.45) is 1.37. The molecular weight excluding hydrogens is 416 g/mol. The van der Waals surface area contributed by atoms with Gasteiger partial charge in [-0.2, -0.15) is 0 Å². The van der Waals surface area contributed by atoms with Gasteiger partial charge in [0.05, 0.1) is 24.3 Å². The molecular formula is C18H18N4O7S. The quantitative estimate of drug-likeness (QED) is 0.412. The van der Waals surface area contributed by atoms with Crippen LogP contribution in [0, 0.1) is 16.0 Å². The van der Waals surface area contributed by atoms with Crippen molar-refractivity contribution >= 4 is 40.1 Å². The highest BCUT2D eigenvalue weighted by atomic mass is 32.1. The van der Waals surface area contributed by atoms with Crippen molar-refractivity contribution in [2.45, 2.75) is 25.7 Å². The van der Waals surface area contributed by atoms with Crippen LogP contribution in [0.3, 0.4) is 0 Å². The first-order valence-electron chi connectivity index (χ1n) is 9.38. The van der Waals surface area contributed by atoms with Crippen molar-refractivity contribution < 1.29 is 28.5 Å². The van der Waals surface area contributed by atoms with Crippen LogP contribution in [0.2, 0.25) is 0 Å². The number of nitro groups is 1. The molecule has 1 saturated heterocycles. The molecule has 2 amide bonds. The molecule has 0 bridgehead atoms. The number of carbonyl (C=O) groups excluding carboxylic acids is 3. The summed E-state index contributed by atoms with van der Waals surface area (Å²) in [6.45, 7) is 2.41. The van der Waals surface area contributed by atoms with Crippen molar-refractivity contribution in [3.63, 3.8) is 0 Å². The third kappa shape index (κ3) is 3.65. The normalized spacial score (nSPS) is 17.9. The molecule has 12 heteroatoms. The number of esters is 1. The van der Waals surface area contributed by atoms with E-state index in [0.29, 0.717) is 30.3 Å². The molecule has 158 valence electrons. The lowest BCUT2D eigenvalue weighted by Crippen LogP contribution is -2.54. The highest BCUT2D eigenvalue weighted by molar-refractivity contribution is 7.16. The Morgan fingerprint density at radius 2 is 2.17 bits per heavy atom. The van der Waals surface area contributed by atoms with Crippen LogP contribution in [0.1, 0.15) is 40.4 Å². The summed E-state index contributed by atoms with van der Waals surface area (Å²) in [4.78, 5) is 53.4. The Bertz CT molecular complexity index is 1020. The average molecular weight is 434 g/mol. The number of nitrogens with one attached hydrogen (secondary N) is 1. The number of aryl methyl sites for hydroxylation is 1. The van der Waals surface area contributed by atoms with Crippen LogP contribution in [0.25, 0.3) is 0 Å². The van der Waals surface area contributed by atoms with Crippen molar-refractivity contribution in [2.75, 3.05) is 25.0 Å². The number of aromatic nitrogens is 1. The molecule has 0 aromatic carbocycles. The maximum Gasteiger partial charge on any atom is 0.433 e. The Hall–Kier alpha value is -3.28. The lowest BCUT2D eigenvalue weighted by molar-refractivity contribution is -0.402. The van der Waals surface area contributed by atoms with E-state index in [1.807, 2.05) is 0 Å². The molecule has 4 rings (SSSR count). The number of ether oxygens (including phenoxy) is 1. The zero-order valence-corrected chi connectivity index (χ0v) is 16.8. The molecule has 0 saturated carbocycles. The predicted octanol–water partition coefficient (Wildman–Crippen LogP) is 1.95. The molecule has 3 heterocycles. The van der Waals surface area contributed by atoms with Gasteiger partial charge in [-0.25, -0.2) is 4.98 Å². The Morgan fingerprint density at radius 1 is 1.40 bits per heavy atom. The van der Waals surface area contributed by atoms with Crippen molar-refractivity contribution in [1.82, 2.24) is 9.88 Å². The summed E-state index contributed by atoms with van der Waals surface area (Å²) >= 11 is 1.34. The number of carbonyl (C=O) groups is 3. The van der Waals surface area contributed by atoms with Crippen LogP contribution in [0.15, 0.2) is 16.5 Å². The minimum Gasteiger partial charge on any atom is -0.465 e. The van der Waals surface area contributed by atoms with Crippen LogP contribution in [-0.2, 0) is 20.7 Å². The van der Waals surface area contributed by atoms with Crippen LogP contribution < -0.4 is 5.32 Å². The summed E-state index contributed by atoms with van der Waals surface area (Å²) in [6, 6.07) is 2.35. The third-order valence-electron chi connectivity index (χ3n) is 5.04. The van der Waals surface area contributed by atoms with Gasteiger partial charge >= 0.3 is 11.9 Å². The van der Waals surface area contributed by atoms with Crippen LogP contribution in [0.5, 0.6) is 0 Å². The topological polar surface area (TPSA) is 145 Å². The summed E-state index contributed by atoms with van der Waals surface area (Å²) in [5.74, 6) is -2.53. The SMILES string of the molecule is CCOC(=O)C1CCc2sc(NC(=O)C3CN(C(=O)c4ccc([N+](=O)[O-])o4)C3)nc21. The molecule has 0 radical (unpaired) electrons. The molecule has 1 atom stereocenters. The number of furan rings is 1. The number of amides is 2. The minimum atomic E-state index is -0.721. The molecule has 30 heavy (non-hydrogen) atoms. The van der Waals surface area contributed by atoms with Gasteiger partial charge in [-0.15, -0.1) is 11.3 Å². The van der Waals surface area contributed by atoms with Crippen molar-refractivity contribution in [3.8, 4) is 0 Å². The van der Waals surface area contributed by atoms with Crippen LogP contribution in [-0.4, -0.2) is 52.3 Å².